The summed E-state index contributed by atoms with van der Waals surface area (Å²) in [5, 5.41) is 0. The van der Waals surface area contributed by atoms with Gasteiger partial charge in [0.15, 0.2) is 0 Å². The quantitative estimate of drug-likeness (QED) is 0.833. The van der Waals surface area contributed by atoms with Gasteiger partial charge in [0.25, 0.3) is 0 Å². The van der Waals surface area contributed by atoms with Crippen LogP contribution in [0.15, 0.2) is 12.1 Å². The molecule has 0 aliphatic heterocycles. The predicted octanol–water partition coefficient (Wildman–Crippen LogP) is 3.72. The maximum absolute atomic E-state index is 6.49. The van der Waals surface area contributed by atoms with Crippen molar-refractivity contribution in [2.75, 3.05) is 18.1 Å². The molecule has 0 radical (unpaired) electrons. The fraction of sp³-hybridized carbons (Fsp3) is 0.667. The maximum Gasteiger partial charge on any atom is 0.142 e. The van der Waals surface area contributed by atoms with Crippen LogP contribution in [0.1, 0.15) is 51.0 Å². The molecule has 3 heteroatoms. The zero-order chi connectivity index (χ0) is 14.6. The van der Waals surface area contributed by atoms with E-state index in [0.29, 0.717) is 6.61 Å². The van der Waals surface area contributed by atoms with Crippen LogP contribution in [0.25, 0.3) is 0 Å². The summed E-state index contributed by atoms with van der Waals surface area (Å²) in [6.07, 6.45) is 8.15. The van der Waals surface area contributed by atoms with E-state index in [1.807, 2.05) is 19.1 Å². The summed E-state index contributed by atoms with van der Waals surface area (Å²) in [6.45, 7) is 2.65. The monoisotopic (exact) mass is 286 g/mol. The average molecular weight is 286 g/mol. The highest BCUT2D eigenvalue weighted by atomic mass is 16.5. The first-order chi connectivity index (χ1) is 10.1. The molecular weight excluding hydrogens is 260 g/mol. The number of rotatable bonds is 3. The molecule has 0 spiro atoms. The molecule has 0 amide bonds. The summed E-state index contributed by atoms with van der Waals surface area (Å²) in [5.41, 5.74) is 16.0. The van der Waals surface area contributed by atoms with Crippen molar-refractivity contribution in [3.63, 3.8) is 0 Å². The molecule has 0 unspecified atom stereocenters. The summed E-state index contributed by atoms with van der Waals surface area (Å²) in [7, 11) is 0. The second-order valence-electron chi connectivity index (χ2n) is 7.57. The van der Waals surface area contributed by atoms with E-state index in [4.69, 9.17) is 16.2 Å². The standard InChI is InChI=1S/C18H26N2O/c1-2-21-15-4-3-14(19)16(17(15)20)18-8-11-5-12(9-18)7-13(6-11)10-18/h3-4,11-13H,2,5-10,19-20H2,1H3. The molecular formula is C18H26N2O. The summed E-state index contributed by atoms with van der Waals surface area (Å²) in [5.74, 6) is 3.50. The second kappa shape index (κ2) is 4.56. The van der Waals surface area contributed by atoms with E-state index in [1.54, 1.807) is 0 Å². The Labute approximate surface area is 127 Å². The molecule has 21 heavy (non-hydrogen) atoms. The third-order valence-corrected chi connectivity index (χ3v) is 6.11. The fourth-order valence-corrected chi connectivity index (χ4v) is 5.91. The molecule has 0 saturated heterocycles. The number of benzene rings is 1. The Morgan fingerprint density at radius 1 is 1.05 bits per heavy atom. The summed E-state index contributed by atoms with van der Waals surface area (Å²) < 4.78 is 5.71. The SMILES string of the molecule is CCOc1ccc(N)c(C23CC4CC(CC(C4)C2)C3)c1N. The lowest BCUT2D eigenvalue weighted by molar-refractivity contribution is -0.00456. The lowest BCUT2D eigenvalue weighted by Crippen LogP contribution is -2.49. The molecule has 0 heterocycles. The van der Waals surface area contributed by atoms with Crippen molar-refractivity contribution in [3.8, 4) is 5.75 Å². The Morgan fingerprint density at radius 2 is 1.62 bits per heavy atom. The number of hydrogen-bond acceptors (Lipinski definition) is 3. The summed E-state index contributed by atoms with van der Waals surface area (Å²) in [6, 6.07) is 3.92. The zero-order valence-electron chi connectivity index (χ0n) is 12.9. The summed E-state index contributed by atoms with van der Waals surface area (Å²) in [4.78, 5) is 0. The molecule has 0 atom stereocenters. The highest BCUT2D eigenvalue weighted by Crippen LogP contribution is 2.62. The number of ether oxygens (including phenoxy) is 1. The largest absolute Gasteiger partial charge is 0.492 e. The number of hydrogen-bond donors (Lipinski definition) is 2. The average Bonchev–Trinajstić information content (AvgIpc) is 2.40. The van der Waals surface area contributed by atoms with Gasteiger partial charge in [-0.15, -0.1) is 0 Å². The van der Waals surface area contributed by atoms with E-state index in [2.05, 4.69) is 0 Å². The van der Waals surface area contributed by atoms with Gasteiger partial charge >= 0.3 is 0 Å². The van der Waals surface area contributed by atoms with E-state index >= 15 is 0 Å². The van der Waals surface area contributed by atoms with Crippen molar-refractivity contribution in [2.45, 2.75) is 50.9 Å². The Kier molecular flexibility index (Phi) is 2.88. The third-order valence-electron chi connectivity index (χ3n) is 6.11. The molecule has 4 bridgehead atoms. The Balaban J connectivity index is 1.81. The van der Waals surface area contributed by atoms with Crippen molar-refractivity contribution < 1.29 is 4.74 Å². The van der Waals surface area contributed by atoms with E-state index in [9.17, 15) is 0 Å². The highest BCUT2D eigenvalue weighted by molar-refractivity contribution is 5.71. The number of nitrogen functional groups attached to an aromatic ring is 2. The van der Waals surface area contributed by atoms with Crippen LogP contribution in [-0.4, -0.2) is 6.61 Å². The van der Waals surface area contributed by atoms with Crippen LogP contribution < -0.4 is 16.2 Å². The molecule has 3 nitrogen and oxygen atoms in total. The highest BCUT2D eigenvalue weighted by Gasteiger charge is 2.53. The van der Waals surface area contributed by atoms with Gasteiger partial charge in [-0.2, -0.15) is 0 Å². The molecule has 5 rings (SSSR count). The van der Waals surface area contributed by atoms with Crippen LogP contribution in [0.2, 0.25) is 0 Å². The van der Waals surface area contributed by atoms with Gasteiger partial charge in [-0.25, -0.2) is 0 Å². The van der Waals surface area contributed by atoms with Gasteiger partial charge in [0, 0.05) is 16.7 Å². The molecule has 4 aliphatic rings. The Morgan fingerprint density at radius 3 is 2.14 bits per heavy atom. The molecule has 114 valence electrons. The van der Waals surface area contributed by atoms with Crippen molar-refractivity contribution in [1.29, 1.82) is 0 Å². The van der Waals surface area contributed by atoms with Crippen LogP contribution in [0.3, 0.4) is 0 Å². The predicted molar refractivity (Wildman–Crippen MR) is 86.3 cm³/mol. The van der Waals surface area contributed by atoms with Crippen LogP contribution in [-0.2, 0) is 5.41 Å². The van der Waals surface area contributed by atoms with Crippen LogP contribution in [0, 0.1) is 17.8 Å². The number of anilines is 2. The van der Waals surface area contributed by atoms with Crippen molar-refractivity contribution in [1.82, 2.24) is 0 Å². The Bertz CT molecular complexity index is 531. The summed E-state index contributed by atoms with van der Waals surface area (Å²) >= 11 is 0. The maximum atomic E-state index is 6.49. The normalized spacial score (nSPS) is 36.9. The Hall–Kier alpha value is -1.38. The smallest absolute Gasteiger partial charge is 0.142 e. The minimum absolute atomic E-state index is 0.232. The molecule has 4 aliphatic carbocycles. The van der Waals surface area contributed by atoms with Gasteiger partial charge < -0.3 is 16.2 Å². The first-order valence-corrected chi connectivity index (χ1v) is 8.42. The van der Waals surface area contributed by atoms with E-state index in [0.717, 1.165) is 34.9 Å². The zero-order valence-corrected chi connectivity index (χ0v) is 12.9. The van der Waals surface area contributed by atoms with Gasteiger partial charge in [0.05, 0.1) is 12.3 Å². The van der Waals surface area contributed by atoms with Crippen molar-refractivity contribution >= 4 is 11.4 Å². The van der Waals surface area contributed by atoms with Gasteiger partial charge in [-0.05, 0) is 75.3 Å². The lowest BCUT2D eigenvalue weighted by atomic mass is 9.47. The lowest BCUT2D eigenvalue weighted by Gasteiger charge is -2.57. The molecule has 0 aromatic heterocycles. The van der Waals surface area contributed by atoms with Crippen molar-refractivity contribution in [2.24, 2.45) is 17.8 Å². The first-order valence-electron chi connectivity index (χ1n) is 8.42. The van der Waals surface area contributed by atoms with E-state index in [-0.39, 0.29) is 5.41 Å². The third kappa shape index (κ3) is 1.93. The fourth-order valence-electron chi connectivity index (χ4n) is 5.91. The van der Waals surface area contributed by atoms with E-state index < -0.39 is 0 Å². The van der Waals surface area contributed by atoms with Gasteiger partial charge in [-0.3, -0.25) is 0 Å². The molecule has 4 N–H and O–H groups in total. The second-order valence-corrected chi connectivity index (χ2v) is 7.57. The van der Waals surface area contributed by atoms with Crippen molar-refractivity contribution in [3.05, 3.63) is 17.7 Å². The molecule has 1 aromatic rings. The van der Waals surface area contributed by atoms with Gasteiger partial charge in [0.2, 0.25) is 0 Å². The topological polar surface area (TPSA) is 61.3 Å². The first kappa shape index (κ1) is 13.3. The van der Waals surface area contributed by atoms with Crippen LogP contribution >= 0.6 is 0 Å². The van der Waals surface area contributed by atoms with Gasteiger partial charge in [0.1, 0.15) is 5.75 Å². The molecule has 4 fully saturated rings. The minimum Gasteiger partial charge on any atom is -0.492 e. The number of nitrogens with two attached hydrogens (primary N) is 2. The minimum atomic E-state index is 0.232. The molecule has 1 aromatic carbocycles. The van der Waals surface area contributed by atoms with Gasteiger partial charge in [-0.1, -0.05) is 0 Å². The van der Waals surface area contributed by atoms with Crippen LogP contribution in [0.5, 0.6) is 5.75 Å². The van der Waals surface area contributed by atoms with Crippen LogP contribution in [0.4, 0.5) is 11.4 Å². The molecule has 4 saturated carbocycles. The van der Waals surface area contributed by atoms with E-state index in [1.165, 1.54) is 44.1 Å².